The smallest absolute Gasteiger partial charge is 0.324 e. The Morgan fingerprint density at radius 2 is 1.65 bits per heavy atom. The van der Waals surface area contributed by atoms with Gasteiger partial charge in [0.15, 0.2) is 0 Å². The second-order valence-corrected chi connectivity index (χ2v) is 7.35. The highest BCUT2D eigenvalue weighted by atomic mass is 19.4. The van der Waals surface area contributed by atoms with Gasteiger partial charge in [-0.1, -0.05) is 24.3 Å². The van der Waals surface area contributed by atoms with Crippen molar-refractivity contribution >= 4 is 22.6 Å². The zero-order chi connectivity index (χ0) is 24.5. The van der Waals surface area contributed by atoms with Gasteiger partial charge in [-0.05, 0) is 42.0 Å². The molecule has 0 aliphatic rings. The number of carbonyl (C=O) groups is 1. The fourth-order valence-corrected chi connectivity index (χ4v) is 3.47. The summed E-state index contributed by atoms with van der Waals surface area (Å²) in [5.41, 5.74) is -2.70. The summed E-state index contributed by atoms with van der Waals surface area (Å²) in [4.78, 5) is 42.7. The number of pyridine rings is 1. The molecule has 0 unspecified atom stereocenters. The van der Waals surface area contributed by atoms with Crippen LogP contribution in [0.25, 0.3) is 11.0 Å². The lowest BCUT2D eigenvalue weighted by Crippen LogP contribution is -2.42. The van der Waals surface area contributed by atoms with Gasteiger partial charge in [-0.15, -0.1) is 0 Å². The first-order valence-electron chi connectivity index (χ1n) is 9.94. The van der Waals surface area contributed by atoms with Gasteiger partial charge in [-0.2, -0.15) is 13.2 Å². The van der Waals surface area contributed by atoms with Crippen LogP contribution in [0.1, 0.15) is 11.1 Å². The third kappa shape index (κ3) is 4.58. The number of anilines is 1. The Balaban J connectivity index is 1.74. The standard InChI is InChI=1S/C23H16F4N4O3/c24-15-9-7-14(8-10-15)12-31-21(33)16-4-3-11-28-20(16)30(22(31)34)13-19(32)29-18-6-2-1-5-17(18)23(25,26)27/h1-11H,12-13H2,(H,29,32). The lowest BCUT2D eigenvalue weighted by molar-refractivity contribution is -0.137. The fourth-order valence-electron chi connectivity index (χ4n) is 3.47. The number of amides is 1. The number of para-hydroxylation sites is 1. The number of rotatable bonds is 5. The van der Waals surface area contributed by atoms with Crippen molar-refractivity contribution in [2.24, 2.45) is 0 Å². The van der Waals surface area contributed by atoms with Gasteiger partial charge in [0.05, 0.1) is 23.2 Å². The van der Waals surface area contributed by atoms with Crippen molar-refractivity contribution in [2.45, 2.75) is 19.3 Å². The number of carbonyl (C=O) groups excluding carboxylic acids is 1. The minimum atomic E-state index is -4.70. The minimum absolute atomic E-state index is 0.0349. The zero-order valence-corrected chi connectivity index (χ0v) is 17.3. The van der Waals surface area contributed by atoms with Gasteiger partial charge in [-0.25, -0.2) is 14.2 Å². The summed E-state index contributed by atoms with van der Waals surface area (Å²) in [6.45, 7) is -0.899. The van der Waals surface area contributed by atoms with Gasteiger partial charge in [0.25, 0.3) is 5.56 Å². The Bertz CT molecular complexity index is 1490. The quantitative estimate of drug-likeness (QED) is 0.451. The molecule has 0 saturated heterocycles. The van der Waals surface area contributed by atoms with Gasteiger partial charge in [-0.3, -0.25) is 18.7 Å². The molecule has 4 rings (SSSR count). The Morgan fingerprint density at radius 1 is 0.941 bits per heavy atom. The molecule has 34 heavy (non-hydrogen) atoms. The number of nitrogens with zero attached hydrogens (tertiary/aromatic N) is 3. The molecular formula is C23H16F4N4O3. The Hall–Kier alpha value is -4.28. The van der Waals surface area contributed by atoms with Crippen LogP contribution in [0.15, 0.2) is 76.4 Å². The molecule has 0 atom stereocenters. The second kappa shape index (κ2) is 8.93. The number of halogens is 4. The fraction of sp³-hybridized carbons (Fsp3) is 0.130. The molecule has 1 amide bonds. The number of fused-ring (bicyclic) bond motifs is 1. The van der Waals surface area contributed by atoms with Crippen LogP contribution < -0.4 is 16.6 Å². The third-order valence-corrected chi connectivity index (χ3v) is 5.04. The van der Waals surface area contributed by atoms with E-state index < -0.39 is 46.9 Å². The summed E-state index contributed by atoms with van der Waals surface area (Å²) in [6.07, 6.45) is -3.38. The van der Waals surface area contributed by atoms with E-state index in [-0.39, 0.29) is 17.6 Å². The zero-order valence-electron chi connectivity index (χ0n) is 17.3. The third-order valence-electron chi connectivity index (χ3n) is 5.04. The van der Waals surface area contributed by atoms with E-state index in [1.165, 1.54) is 54.7 Å². The SMILES string of the molecule is O=C(Cn1c(=O)n(Cc2ccc(F)cc2)c(=O)c2cccnc21)Nc1ccccc1C(F)(F)F. The van der Waals surface area contributed by atoms with Crippen LogP contribution in [0.5, 0.6) is 0 Å². The van der Waals surface area contributed by atoms with Crippen LogP contribution in [-0.2, 0) is 24.1 Å². The normalized spacial score (nSPS) is 11.5. The van der Waals surface area contributed by atoms with Gasteiger partial charge in [0.1, 0.15) is 18.0 Å². The maximum atomic E-state index is 13.2. The first-order valence-corrected chi connectivity index (χ1v) is 9.94. The summed E-state index contributed by atoms with van der Waals surface area (Å²) in [5.74, 6) is -1.41. The Morgan fingerprint density at radius 3 is 2.35 bits per heavy atom. The van der Waals surface area contributed by atoms with Gasteiger partial charge < -0.3 is 5.32 Å². The van der Waals surface area contributed by atoms with E-state index in [0.717, 1.165) is 21.3 Å². The largest absolute Gasteiger partial charge is 0.418 e. The van der Waals surface area contributed by atoms with E-state index in [9.17, 15) is 31.9 Å². The van der Waals surface area contributed by atoms with Crippen molar-refractivity contribution in [3.05, 3.63) is 105 Å². The van der Waals surface area contributed by atoms with Crippen molar-refractivity contribution in [2.75, 3.05) is 5.32 Å². The number of hydrogen-bond donors (Lipinski definition) is 1. The van der Waals surface area contributed by atoms with E-state index in [1.54, 1.807) is 0 Å². The number of nitrogens with one attached hydrogen (secondary N) is 1. The average Bonchev–Trinajstić information content (AvgIpc) is 2.80. The van der Waals surface area contributed by atoms with Crippen molar-refractivity contribution in [1.82, 2.24) is 14.1 Å². The topological polar surface area (TPSA) is 86.0 Å². The highest BCUT2D eigenvalue weighted by Crippen LogP contribution is 2.34. The van der Waals surface area contributed by atoms with Crippen molar-refractivity contribution < 1.29 is 22.4 Å². The van der Waals surface area contributed by atoms with Crippen LogP contribution in [-0.4, -0.2) is 20.0 Å². The Labute approximate surface area is 188 Å². The summed E-state index contributed by atoms with van der Waals surface area (Å²) >= 11 is 0. The molecule has 2 heterocycles. The monoisotopic (exact) mass is 472 g/mol. The molecule has 0 spiro atoms. The predicted molar refractivity (Wildman–Crippen MR) is 116 cm³/mol. The van der Waals surface area contributed by atoms with Gasteiger partial charge in [0, 0.05) is 6.20 Å². The van der Waals surface area contributed by atoms with E-state index in [4.69, 9.17) is 0 Å². The highest BCUT2D eigenvalue weighted by Gasteiger charge is 2.33. The van der Waals surface area contributed by atoms with E-state index in [1.807, 2.05) is 0 Å². The predicted octanol–water partition coefficient (Wildman–Crippen LogP) is 3.40. The van der Waals surface area contributed by atoms with Gasteiger partial charge in [0.2, 0.25) is 5.91 Å². The lowest BCUT2D eigenvalue weighted by atomic mass is 10.1. The molecule has 2 aromatic carbocycles. The highest BCUT2D eigenvalue weighted by molar-refractivity contribution is 5.92. The van der Waals surface area contributed by atoms with Gasteiger partial charge >= 0.3 is 11.9 Å². The first kappa shape index (κ1) is 22.9. The molecule has 11 heteroatoms. The van der Waals surface area contributed by atoms with Crippen molar-refractivity contribution in [3.63, 3.8) is 0 Å². The number of benzene rings is 2. The molecule has 2 aromatic heterocycles. The molecule has 0 aliphatic heterocycles. The van der Waals surface area contributed by atoms with E-state index in [2.05, 4.69) is 10.3 Å². The van der Waals surface area contributed by atoms with E-state index >= 15 is 0 Å². The maximum absolute atomic E-state index is 13.2. The molecule has 0 saturated carbocycles. The minimum Gasteiger partial charge on any atom is -0.324 e. The molecule has 0 fully saturated rings. The molecule has 4 aromatic rings. The van der Waals surface area contributed by atoms with E-state index in [0.29, 0.717) is 5.56 Å². The van der Waals surface area contributed by atoms with Crippen LogP contribution in [0.2, 0.25) is 0 Å². The maximum Gasteiger partial charge on any atom is 0.418 e. The molecule has 0 radical (unpaired) electrons. The molecular weight excluding hydrogens is 456 g/mol. The summed E-state index contributed by atoms with van der Waals surface area (Å²) < 4.78 is 54.7. The molecule has 1 N–H and O–H groups in total. The number of aromatic nitrogens is 3. The molecule has 174 valence electrons. The summed E-state index contributed by atoms with van der Waals surface area (Å²) in [7, 11) is 0. The second-order valence-electron chi connectivity index (χ2n) is 7.35. The average molecular weight is 472 g/mol. The lowest BCUT2D eigenvalue weighted by Gasteiger charge is -2.15. The van der Waals surface area contributed by atoms with Crippen LogP contribution in [0.4, 0.5) is 23.2 Å². The van der Waals surface area contributed by atoms with Crippen molar-refractivity contribution in [1.29, 1.82) is 0 Å². The first-order chi connectivity index (χ1) is 16.1. The summed E-state index contributed by atoms with van der Waals surface area (Å²) in [6, 6.07) is 12.5. The van der Waals surface area contributed by atoms with Crippen LogP contribution in [0, 0.1) is 5.82 Å². The molecule has 7 nitrogen and oxygen atoms in total. The number of hydrogen-bond acceptors (Lipinski definition) is 4. The van der Waals surface area contributed by atoms with Crippen molar-refractivity contribution in [3.8, 4) is 0 Å². The molecule has 0 aliphatic carbocycles. The van der Waals surface area contributed by atoms with Crippen LogP contribution >= 0.6 is 0 Å². The molecule has 0 bridgehead atoms. The van der Waals surface area contributed by atoms with Crippen LogP contribution in [0.3, 0.4) is 0 Å². The Kier molecular flexibility index (Phi) is 6.01. The number of alkyl halides is 3. The summed E-state index contributed by atoms with van der Waals surface area (Å²) in [5, 5.41) is 2.21.